The number of halogens is 3. The Morgan fingerprint density at radius 2 is 1.52 bits per heavy atom. The molecule has 0 aliphatic heterocycles. The van der Waals surface area contributed by atoms with Crippen molar-refractivity contribution in [3.8, 4) is 0 Å². The molecule has 0 bridgehead atoms. The predicted octanol–water partition coefficient (Wildman–Crippen LogP) is 4.68. The van der Waals surface area contributed by atoms with Crippen molar-refractivity contribution in [1.82, 2.24) is 5.32 Å². The largest absolute Gasteiger partial charge is 0.351 e. The second kappa shape index (κ2) is 7.24. The minimum atomic E-state index is -1.06. The number of benzene rings is 2. The molecule has 1 aliphatic carbocycles. The fourth-order valence-electron chi connectivity index (χ4n) is 2.49. The average Bonchev–Trinajstić information content (AvgIpc) is 3.39. The van der Waals surface area contributed by atoms with Crippen molar-refractivity contribution in [1.29, 1.82) is 0 Å². The molecular weight excluding hydrogens is 383 g/mol. The molecule has 25 heavy (non-hydrogen) atoms. The Labute approximate surface area is 160 Å². The average molecular weight is 398 g/mol. The van der Waals surface area contributed by atoms with E-state index >= 15 is 0 Å². The minimum Gasteiger partial charge on any atom is -0.351 e. The zero-order chi connectivity index (χ0) is 18.0. The summed E-state index contributed by atoms with van der Waals surface area (Å²) in [5.74, 6) is -0.695. The Morgan fingerprint density at radius 3 is 2.08 bits per heavy atom. The van der Waals surface area contributed by atoms with Gasteiger partial charge >= 0.3 is 0 Å². The van der Waals surface area contributed by atoms with Gasteiger partial charge in [-0.3, -0.25) is 9.59 Å². The van der Waals surface area contributed by atoms with Gasteiger partial charge in [0.05, 0.1) is 15.7 Å². The molecule has 0 spiro atoms. The number of nitrogens with one attached hydrogen (secondary N) is 2. The van der Waals surface area contributed by atoms with Gasteiger partial charge in [0.2, 0.25) is 11.8 Å². The second-order valence-corrected chi connectivity index (χ2v) is 7.19. The van der Waals surface area contributed by atoms with Crippen LogP contribution in [0.1, 0.15) is 18.4 Å². The monoisotopic (exact) mass is 396 g/mol. The van der Waals surface area contributed by atoms with Crippen molar-refractivity contribution in [3.05, 3.63) is 63.1 Å². The lowest BCUT2D eigenvalue weighted by molar-refractivity contribution is -0.134. The van der Waals surface area contributed by atoms with E-state index in [-0.39, 0.29) is 5.91 Å². The number of anilines is 1. The molecule has 130 valence electrons. The van der Waals surface area contributed by atoms with Gasteiger partial charge in [0.25, 0.3) is 0 Å². The normalized spacial score (nSPS) is 14.7. The molecule has 2 aromatic carbocycles. The van der Waals surface area contributed by atoms with Crippen molar-refractivity contribution < 1.29 is 9.59 Å². The fraction of sp³-hybridized carbons (Fsp3) is 0.222. The summed E-state index contributed by atoms with van der Waals surface area (Å²) < 4.78 is 0. The summed E-state index contributed by atoms with van der Waals surface area (Å²) in [4.78, 5) is 25.1. The molecule has 3 rings (SSSR count). The molecule has 0 heterocycles. The summed E-state index contributed by atoms with van der Waals surface area (Å²) in [7, 11) is 0. The van der Waals surface area contributed by atoms with Gasteiger partial charge in [-0.25, -0.2) is 0 Å². The van der Waals surface area contributed by atoms with E-state index in [9.17, 15) is 9.59 Å². The van der Waals surface area contributed by atoms with Gasteiger partial charge in [0.15, 0.2) is 0 Å². The zero-order valence-electron chi connectivity index (χ0n) is 13.1. The molecule has 7 heteroatoms. The van der Waals surface area contributed by atoms with Crippen LogP contribution in [0, 0.1) is 5.41 Å². The lowest BCUT2D eigenvalue weighted by Gasteiger charge is -2.17. The predicted molar refractivity (Wildman–Crippen MR) is 100 cm³/mol. The second-order valence-electron chi connectivity index (χ2n) is 5.94. The lowest BCUT2D eigenvalue weighted by atomic mass is 10.0. The number of hydrogen-bond acceptors (Lipinski definition) is 2. The molecule has 0 unspecified atom stereocenters. The van der Waals surface area contributed by atoms with Crippen molar-refractivity contribution in [2.45, 2.75) is 19.4 Å². The lowest BCUT2D eigenvalue weighted by Crippen LogP contribution is -2.39. The van der Waals surface area contributed by atoms with E-state index in [1.807, 2.05) is 12.1 Å². The number of para-hydroxylation sites is 1. The van der Waals surface area contributed by atoms with Crippen LogP contribution in [0.4, 0.5) is 5.69 Å². The van der Waals surface area contributed by atoms with Gasteiger partial charge < -0.3 is 10.6 Å². The first-order chi connectivity index (χ1) is 11.9. The summed E-state index contributed by atoms with van der Waals surface area (Å²) in [5.41, 5.74) is 0.172. The van der Waals surface area contributed by atoms with E-state index in [2.05, 4.69) is 10.6 Å². The first-order valence-corrected chi connectivity index (χ1v) is 8.84. The van der Waals surface area contributed by atoms with Crippen molar-refractivity contribution in [3.63, 3.8) is 0 Å². The van der Waals surface area contributed by atoms with E-state index in [0.717, 1.165) is 5.56 Å². The molecule has 2 N–H and O–H groups in total. The highest BCUT2D eigenvalue weighted by Crippen LogP contribution is 2.47. The molecule has 1 saturated carbocycles. The third-order valence-electron chi connectivity index (χ3n) is 4.19. The van der Waals surface area contributed by atoms with Crippen LogP contribution in [0.3, 0.4) is 0 Å². The quantitative estimate of drug-likeness (QED) is 0.720. The van der Waals surface area contributed by atoms with E-state index in [1.54, 1.807) is 30.3 Å². The van der Waals surface area contributed by atoms with Gasteiger partial charge in [-0.05, 0) is 42.7 Å². The number of carbonyl (C=O) groups is 2. The van der Waals surface area contributed by atoms with Gasteiger partial charge in [-0.1, -0.05) is 53.0 Å². The smallest absolute Gasteiger partial charge is 0.240 e. The molecule has 1 fully saturated rings. The Hall–Kier alpha value is -1.75. The summed E-state index contributed by atoms with van der Waals surface area (Å²) in [6.45, 7) is 0.331. The number of amides is 2. The van der Waals surface area contributed by atoms with Crippen LogP contribution in [0.25, 0.3) is 0 Å². The molecule has 2 amide bonds. The van der Waals surface area contributed by atoms with Crippen molar-refractivity contribution >= 4 is 52.3 Å². The Morgan fingerprint density at radius 1 is 0.920 bits per heavy atom. The van der Waals surface area contributed by atoms with Gasteiger partial charge in [0, 0.05) is 11.6 Å². The third kappa shape index (κ3) is 3.92. The molecule has 0 aromatic heterocycles. The highest BCUT2D eigenvalue weighted by Gasteiger charge is 2.56. The fourth-order valence-corrected chi connectivity index (χ4v) is 3.10. The summed E-state index contributed by atoms with van der Waals surface area (Å²) in [6.07, 6.45) is 0.987. The molecular formula is C18H15Cl3N2O2. The van der Waals surface area contributed by atoms with Crippen LogP contribution in [0.15, 0.2) is 42.5 Å². The maximum atomic E-state index is 12.6. The van der Waals surface area contributed by atoms with Crippen molar-refractivity contribution in [2.24, 2.45) is 5.41 Å². The number of carbonyl (C=O) groups excluding carboxylic acids is 2. The maximum Gasteiger partial charge on any atom is 0.240 e. The Kier molecular flexibility index (Phi) is 5.23. The summed E-state index contributed by atoms with van der Waals surface area (Å²) in [6, 6.07) is 12.1. The summed E-state index contributed by atoms with van der Waals surface area (Å²) in [5, 5.41) is 6.79. The van der Waals surface area contributed by atoms with E-state index in [1.165, 1.54) is 0 Å². The maximum absolute atomic E-state index is 12.6. The first kappa shape index (κ1) is 18.1. The molecule has 0 radical (unpaired) electrons. The van der Waals surface area contributed by atoms with Gasteiger partial charge in [0.1, 0.15) is 5.41 Å². The molecule has 0 atom stereocenters. The molecule has 0 saturated heterocycles. The molecule has 2 aromatic rings. The van der Waals surface area contributed by atoms with Gasteiger partial charge in [-0.15, -0.1) is 0 Å². The third-order valence-corrected chi connectivity index (χ3v) is 5.07. The Bertz CT molecular complexity index is 797. The van der Waals surface area contributed by atoms with Crippen LogP contribution in [0.5, 0.6) is 0 Å². The van der Waals surface area contributed by atoms with E-state index < -0.39 is 11.3 Å². The number of rotatable bonds is 5. The topological polar surface area (TPSA) is 58.2 Å². The highest BCUT2D eigenvalue weighted by atomic mass is 35.5. The van der Waals surface area contributed by atoms with E-state index in [0.29, 0.717) is 40.1 Å². The molecule has 1 aliphatic rings. The van der Waals surface area contributed by atoms with Crippen LogP contribution in [-0.4, -0.2) is 11.8 Å². The van der Waals surface area contributed by atoms with Crippen molar-refractivity contribution in [2.75, 3.05) is 5.32 Å². The van der Waals surface area contributed by atoms with E-state index in [4.69, 9.17) is 34.8 Å². The first-order valence-electron chi connectivity index (χ1n) is 7.70. The van der Waals surface area contributed by atoms with Crippen LogP contribution in [-0.2, 0) is 16.1 Å². The zero-order valence-corrected chi connectivity index (χ0v) is 15.4. The number of hydrogen-bond donors (Lipinski definition) is 2. The van der Waals surface area contributed by atoms with Gasteiger partial charge in [-0.2, -0.15) is 0 Å². The summed E-state index contributed by atoms with van der Waals surface area (Å²) >= 11 is 18.0. The molecule has 4 nitrogen and oxygen atoms in total. The highest BCUT2D eigenvalue weighted by molar-refractivity contribution is 6.40. The van der Waals surface area contributed by atoms with Crippen LogP contribution in [0.2, 0.25) is 15.1 Å². The van der Waals surface area contributed by atoms with Crippen LogP contribution < -0.4 is 10.6 Å². The van der Waals surface area contributed by atoms with Crippen LogP contribution >= 0.6 is 34.8 Å². The standard InChI is InChI=1S/C18H15Cl3N2O2/c19-12-6-4-11(5-7-12)10-22-16(24)18(8-9-18)17(25)23-15-13(20)2-1-3-14(15)21/h1-7H,8-10H2,(H,22,24)(H,23,25). The SMILES string of the molecule is O=C(NCc1ccc(Cl)cc1)C1(C(=O)Nc2c(Cl)cccc2Cl)CC1. The minimum absolute atomic E-state index is 0.303. The Balaban J connectivity index is 1.65.